The van der Waals surface area contributed by atoms with E-state index in [1.165, 1.54) is 6.42 Å². The molecule has 0 amide bonds. The van der Waals surface area contributed by atoms with Crippen LogP contribution in [0, 0.1) is 0 Å². The van der Waals surface area contributed by atoms with Crippen LogP contribution in [0.1, 0.15) is 31.2 Å². The van der Waals surface area contributed by atoms with E-state index >= 15 is 0 Å². The third kappa shape index (κ3) is 3.61. The van der Waals surface area contributed by atoms with Crippen molar-refractivity contribution in [3.8, 4) is 11.5 Å². The number of methoxy groups -OCH3 is 2. The topological polar surface area (TPSA) is 50.7 Å². The molecule has 1 aromatic rings. The highest BCUT2D eigenvalue weighted by atomic mass is 16.5. The van der Waals surface area contributed by atoms with Gasteiger partial charge in [-0.05, 0) is 30.5 Å². The molecule has 0 bridgehead atoms. The van der Waals surface area contributed by atoms with E-state index in [4.69, 9.17) is 9.47 Å². The summed E-state index contributed by atoms with van der Waals surface area (Å²) in [4.78, 5) is 0. The van der Waals surface area contributed by atoms with Crippen LogP contribution in [0.3, 0.4) is 0 Å². The van der Waals surface area contributed by atoms with Gasteiger partial charge < -0.3 is 19.9 Å². The molecule has 0 radical (unpaired) electrons. The fourth-order valence-electron chi connectivity index (χ4n) is 2.59. The van der Waals surface area contributed by atoms with Gasteiger partial charge in [-0.1, -0.05) is 18.9 Å². The maximum Gasteiger partial charge on any atom is 0.161 e. The van der Waals surface area contributed by atoms with Gasteiger partial charge in [0.25, 0.3) is 0 Å². The van der Waals surface area contributed by atoms with E-state index in [0.29, 0.717) is 0 Å². The van der Waals surface area contributed by atoms with E-state index in [9.17, 15) is 5.11 Å². The number of aliphatic hydroxyl groups excluding tert-OH is 1. The summed E-state index contributed by atoms with van der Waals surface area (Å²) >= 11 is 0. The minimum absolute atomic E-state index is 0.210. The molecule has 4 nitrogen and oxygen atoms in total. The number of aliphatic hydroxyl groups is 1. The Morgan fingerprint density at radius 1 is 1.16 bits per heavy atom. The maximum atomic E-state index is 9.92. The average molecular weight is 265 g/mol. The van der Waals surface area contributed by atoms with Crippen LogP contribution in [-0.4, -0.2) is 31.5 Å². The molecular weight excluding hydrogens is 242 g/mol. The zero-order valence-corrected chi connectivity index (χ0v) is 11.7. The van der Waals surface area contributed by atoms with Gasteiger partial charge in [-0.25, -0.2) is 0 Å². The lowest BCUT2D eigenvalue weighted by atomic mass is 9.92. The van der Waals surface area contributed by atoms with Gasteiger partial charge in [0.05, 0.1) is 20.3 Å². The van der Waals surface area contributed by atoms with Crippen molar-refractivity contribution in [1.82, 2.24) is 5.32 Å². The Hall–Kier alpha value is -1.26. The summed E-state index contributed by atoms with van der Waals surface area (Å²) in [7, 11) is 3.27. The van der Waals surface area contributed by atoms with E-state index < -0.39 is 0 Å². The van der Waals surface area contributed by atoms with Gasteiger partial charge in [0.1, 0.15) is 0 Å². The summed E-state index contributed by atoms with van der Waals surface area (Å²) < 4.78 is 10.5. The van der Waals surface area contributed by atoms with Crippen LogP contribution < -0.4 is 14.8 Å². The van der Waals surface area contributed by atoms with Crippen molar-refractivity contribution >= 4 is 0 Å². The van der Waals surface area contributed by atoms with Gasteiger partial charge in [0.2, 0.25) is 0 Å². The number of rotatable bonds is 5. The zero-order valence-electron chi connectivity index (χ0n) is 11.7. The molecule has 2 N–H and O–H groups in total. The van der Waals surface area contributed by atoms with Crippen LogP contribution in [0.5, 0.6) is 11.5 Å². The molecule has 19 heavy (non-hydrogen) atoms. The Balaban J connectivity index is 1.95. The third-order valence-electron chi connectivity index (χ3n) is 3.75. The summed E-state index contributed by atoms with van der Waals surface area (Å²) in [5, 5.41) is 13.4. The van der Waals surface area contributed by atoms with Crippen molar-refractivity contribution < 1.29 is 14.6 Å². The summed E-state index contributed by atoms with van der Waals surface area (Å²) in [5.41, 5.74) is 1.13. The lowest BCUT2D eigenvalue weighted by Crippen LogP contribution is -2.41. The Kier molecular flexibility index (Phi) is 5.05. The fourth-order valence-corrected chi connectivity index (χ4v) is 2.59. The van der Waals surface area contributed by atoms with Crippen molar-refractivity contribution in [3.05, 3.63) is 23.8 Å². The van der Waals surface area contributed by atoms with E-state index in [1.54, 1.807) is 14.2 Å². The van der Waals surface area contributed by atoms with Crippen LogP contribution in [0.15, 0.2) is 18.2 Å². The average Bonchev–Trinajstić information content (AvgIpc) is 2.46. The molecule has 4 heteroatoms. The fraction of sp³-hybridized carbons (Fsp3) is 0.600. The van der Waals surface area contributed by atoms with Crippen molar-refractivity contribution in [2.75, 3.05) is 14.2 Å². The molecule has 0 spiro atoms. The van der Waals surface area contributed by atoms with Gasteiger partial charge in [-0.15, -0.1) is 0 Å². The molecule has 106 valence electrons. The largest absolute Gasteiger partial charge is 0.493 e. The Morgan fingerprint density at radius 3 is 2.58 bits per heavy atom. The molecule has 0 heterocycles. The van der Waals surface area contributed by atoms with Crippen LogP contribution in [0.4, 0.5) is 0 Å². The minimum Gasteiger partial charge on any atom is -0.493 e. The second-order valence-corrected chi connectivity index (χ2v) is 5.03. The molecule has 1 fully saturated rings. The predicted molar refractivity (Wildman–Crippen MR) is 74.6 cm³/mol. The van der Waals surface area contributed by atoms with Gasteiger partial charge in [0.15, 0.2) is 11.5 Å². The highest BCUT2D eigenvalue weighted by molar-refractivity contribution is 5.42. The van der Waals surface area contributed by atoms with Crippen LogP contribution >= 0.6 is 0 Å². The number of ether oxygens (including phenoxy) is 2. The standard InChI is InChI=1S/C15H23NO3/c1-18-14-8-7-11(9-15(14)19-2)10-16-12-5-3-4-6-13(12)17/h7-9,12-13,16-17H,3-6,10H2,1-2H3. The highest BCUT2D eigenvalue weighted by Gasteiger charge is 2.22. The molecule has 0 aromatic heterocycles. The van der Waals surface area contributed by atoms with E-state index in [0.717, 1.165) is 42.9 Å². The number of nitrogens with one attached hydrogen (secondary N) is 1. The smallest absolute Gasteiger partial charge is 0.161 e. The highest BCUT2D eigenvalue weighted by Crippen LogP contribution is 2.27. The summed E-state index contributed by atoms with van der Waals surface area (Å²) in [6.07, 6.45) is 4.07. The summed E-state index contributed by atoms with van der Waals surface area (Å²) in [6.45, 7) is 0.738. The van der Waals surface area contributed by atoms with Gasteiger partial charge in [-0.3, -0.25) is 0 Å². The molecular formula is C15H23NO3. The first-order chi connectivity index (χ1) is 9.24. The molecule has 2 unspecified atom stereocenters. The van der Waals surface area contributed by atoms with Crippen LogP contribution in [0.2, 0.25) is 0 Å². The van der Waals surface area contributed by atoms with Gasteiger partial charge in [0, 0.05) is 12.6 Å². The quantitative estimate of drug-likeness (QED) is 0.856. The normalized spacial score (nSPS) is 23.1. The van der Waals surface area contributed by atoms with Gasteiger partial charge >= 0.3 is 0 Å². The van der Waals surface area contributed by atoms with Crippen molar-refractivity contribution in [2.45, 2.75) is 44.4 Å². The molecule has 0 aliphatic heterocycles. The molecule has 1 aliphatic rings. The van der Waals surface area contributed by atoms with Crippen molar-refractivity contribution in [3.63, 3.8) is 0 Å². The molecule has 1 aliphatic carbocycles. The first kappa shape index (κ1) is 14.2. The molecule has 0 saturated heterocycles. The van der Waals surface area contributed by atoms with Crippen LogP contribution in [0.25, 0.3) is 0 Å². The third-order valence-corrected chi connectivity index (χ3v) is 3.75. The van der Waals surface area contributed by atoms with Crippen molar-refractivity contribution in [1.29, 1.82) is 0 Å². The lowest BCUT2D eigenvalue weighted by Gasteiger charge is -2.28. The Morgan fingerprint density at radius 2 is 1.89 bits per heavy atom. The number of benzene rings is 1. The lowest BCUT2D eigenvalue weighted by molar-refractivity contribution is 0.0902. The molecule has 2 atom stereocenters. The molecule has 1 saturated carbocycles. The zero-order chi connectivity index (χ0) is 13.7. The van der Waals surface area contributed by atoms with Crippen LogP contribution in [-0.2, 0) is 6.54 Å². The number of hydrogen-bond acceptors (Lipinski definition) is 4. The Labute approximate surface area is 114 Å². The summed E-state index contributed by atoms with van der Waals surface area (Å²) in [6, 6.07) is 6.11. The monoisotopic (exact) mass is 265 g/mol. The maximum absolute atomic E-state index is 9.92. The first-order valence-corrected chi connectivity index (χ1v) is 6.87. The second-order valence-electron chi connectivity index (χ2n) is 5.03. The summed E-state index contributed by atoms with van der Waals surface area (Å²) in [5.74, 6) is 1.48. The SMILES string of the molecule is COc1ccc(CNC2CCCCC2O)cc1OC. The second kappa shape index (κ2) is 6.78. The first-order valence-electron chi connectivity index (χ1n) is 6.87. The van der Waals surface area contributed by atoms with E-state index in [2.05, 4.69) is 5.32 Å². The van der Waals surface area contributed by atoms with Crippen molar-refractivity contribution in [2.24, 2.45) is 0 Å². The van der Waals surface area contributed by atoms with E-state index in [-0.39, 0.29) is 12.1 Å². The van der Waals surface area contributed by atoms with E-state index in [1.807, 2.05) is 18.2 Å². The predicted octanol–water partition coefficient (Wildman–Crippen LogP) is 2.10. The minimum atomic E-state index is -0.214. The molecule has 2 rings (SSSR count). The number of hydrogen-bond donors (Lipinski definition) is 2. The van der Waals surface area contributed by atoms with Gasteiger partial charge in [-0.2, -0.15) is 0 Å². The molecule has 1 aromatic carbocycles. The Bertz CT molecular complexity index is 408.